The monoisotopic (exact) mass is 153 g/mol. The van der Waals surface area contributed by atoms with Gasteiger partial charge in [-0.05, 0) is 12.5 Å². The molecule has 0 amide bonds. The highest BCUT2D eigenvalue weighted by molar-refractivity contribution is 5.07. The van der Waals surface area contributed by atoms with Gasteiger partial charge in [-0.1, -0.05) is 0 Å². The van der Waals surface area contributed by atoms with E-state index in [0.717, 1.165) is 12.1 Å². The van der Waals surface area contributed by atoms with Crippen LogP contribution in [0.15, 0.2) is 12.3 Å². The Morgan fingerprint density at radius 3 is 3.09 bits per heavy atom. The molecule has 0 spiro atoms. The number of aromatic nitrogens is 2. The van der Waals surface area contributed by atoms with Crippen LogP contribution in [-0.2, 0) is 0 Å². The van der Waals surface area contributed by atoms with Crippen molar-refractivity contribution < 1.29 is 5.11 Å². The summed E-state index contributed by atoms with van der Waals surface area (Å²) in [6, 6.07) is 2.18. The molecule has 3 N–H and O–H groups in total. The second-order valence-corrected chi connectivity index (χ2v) is 2.86. The predicted molar refractivity (Wildman–Crippen MR) is 40.0 cm³/mol. The molecule has 1 saturated heterocycles. The normalized spacial score (nSPS) is 31.0. The highest BCUT2D eigenvalue weighted by atomic mass is 16.3. The molecule has 2 atom stereocenters. The van der Waals surface area contributed by atoms with Crippen LogP contribution in [0.4, 0.5) is 0 Å². The summed E-state index contributed by atoms with van der Waals surface area (Å²) in [6.07, 6.45) is 2.30. The maximum absolute atomic E-state index is 9.20. The lowest BCUT2D eigenvalue weighted by molar-refractivity contribution is 0.193. The van der Waals surface area contributed by atoms with Crippen molar-refractivity contribution in [1.82, 2.24) is 15.5 Å². The molecule has 1 aromatic rings. The minimum atomic E-state index is -0.205. The second-order valence-electron chi connectivity index (χ2n) is 2.86. The molecule has 2 unspecified atom stereocenters. The Morgan fingerprint density at radius 2 is 2.55 bits per heavy atom. The van der Waals surface area contributed by atoms with Crippen molar-refractivity contribution in [3.63, 3.8) is 0 Å². The van der Waals surface area contributed by atoms with Gasteiger partial charge in [-0.2, -0.15) is 5.10 Å². The van der Waals surface area contributed by atoms with Gasteiger partial charge in [0.15, 0.2) is 0 Å². The molecule has 0 aliphatic carbocycles. The fourth-order valence-corrected chi connectivity index (χ4v) is 1.41. The first kappa shape index (κ1) is 6.82. The summed E-state index contributed by atoms with van der Waals surface area (Å²) in [6.45, 7) is 0.684. The first-order chi connectivity index (χ1) is 5.36. The Bertz CT molecular complexity index is 222. The van der Waals surface area contributed by atoms with Gasteiger partial charge in [0.25, 0.3) is 0 Å². The Morgan fingerprint density at radius 1 is 1.64 bits per heavy atom. The highest BCUT2D eigenvalue weighted by Crippen LogP contribution is 2.20. The number of aromatic amines is 1. The molecule has 0 aromatic carbocycles. The summed E-state index contributed by atoms with van der Waals surface area (Å²) in [5.41, 5.74) is 1.06. The number of hydrogen-bond donors (Lipinski definition) is 3. The first-order valence-corrected chi connectivity index (χ1v) is 3.77. The predicted octanol–water partition coefficient (Wildman–Crippen LogP) is -0.195. The van der Waals surface area contributed by atoms with Gasteiger partial charge in [-0.3, -0.25) is 5.10 Å². The van der Waals surface area contributed by atoms with Crippen LogP contribution in [0.1, 0.15) is 18.2 Å². The zero-order chi connectivity index (χ0) is 7.68. The number of β-amino-alcohol motifs (C(OH)–C–C–N with tert-alkyl or cyclic N) is 1. The summed E-state index contributed by atoms with van der Waals surface area (Å²) in [5, 5.41) is 19.1. The summed E-state index contributed by atoms with van der Waals surface area (Å²) in [7, 11) is 0. The third kappa shape index (κ3) is 1.27. The topological polar surface area (TPSA) is 60.9 Å². The van der Waals surface area contributed by atoms with Crippen molar-refractivity contribution in [3.8, 4) is 0 Å². The van der Waals surface area contributed by atoms with Gasteiger partial charge in [0.1, 0.15) is 0 Å². The fraction of sp³-hybridized carbons (Fsp3) is 0.571. The molecule has 4 nitrogen and oxygen atoms in total. The van der Waals surface area contributed by atoms with E-state index in [0.29, 0.717) is 6.54 Å². The van der Waals surface area contributed by atoms with Crippen molar-refractivity contribution in [1.29, 1.82) is 0 Å². The van der Waals surface area contributed by atoms with E-state index >= 15 is 0 Å². The second kappa shape index (κ2) is 2.64. The molecule has 1 aliphatic rings. The standard InChI is InChI=1S/C7H11N3O/c11-5-3-7(8-4-5)6-1-2-9-10-6/h1-2,5,7-8,11H,3-4H2,(H,9,10). The van der Waals surface area contributed by atoms with E-state index < -0.39 is 0 Å². The molecule has 1 aliphatic heterocycles. The van der Waals surface area contributed by atoms with Crippen LogP contribution < -0.4 is 5.32 Å². The number of H-pyrrole nitrogens is 1. The molecule has 1 aromatic heterocycles. The van der Waals surface area contributed by atoms with Crippen LogP contribution >= 0.6 is 0 Å². The maximum atomic E-state index is 9.20. The zero-order valence-corrected chi connectivity index (χ0v) is 6.12. The minimum Gasteiger partial charge on any atom is -0.392 e. The van der Waals surface area contributed by atoms with E-state index in [2.05, 4.69) is 15.5 Å². The van der Waals surface area contributed by atoms with E-state index in [9.17, 15) is 5.11 Å². The van der Waals surface area contributed by atoms with Gasteiger partial charge in [-0.25, -0.2) is 0 Å². The first-order valence-electron chi connectivity index (χ1n) is 3.77. The summed E-state index contributed by atoms with van der Waals surface area (Å²) in [5.74, 6) is 0. The Balaban J connectivity index is 2.08. The number of nitrogens with one attached hydrogen (secondary N) is 2. The summed E-state index contributed by atoms with van der Waals surface area (Å²) < 4.78 is 0. The van der Waals surface area contributed by atoms with E-state index in [-0.39, 0.29) is 12.1 Å². The lowest BCUT2D eigenvalue weighted by Gasteiger charge is -2.04. The number of nitrogens with zero attached hydrogens (tertiary/aromatic N) is 1. The lowest BCUT2D eigenvalue weighted by Crippen LogP contribution is -2.15. The van der Waals surface area contributed by atoms with Crippen LogP contribution in [0.25, 0.3) is 0 Å². The lowest BCUT2D eigenvalue weighted by atomic mass is 10.1. The summed E-state index contributed by atoms with van der Waals surface area (Å²) in [4.78, 5) is 0. The van der Waals surface area contributed by atoms with Gasteiger partial charge in [0.05, 0.1) is 17.8 Å². The van der Waals surface area contributed by atoms with Crippen LogP contribution in [0.5, 0.6) is 0 Å². The van der Waals surface area contributed by atoms with Crippen molar-refractivity contribution >= 4 is 0 Å². The van der Waals surface area contributed by atoms with Crippen molar-refractivity contribution in [2.24, 2.45) is 0 Å². The van der Waals surface area contributed by atoms with Gasteiger partial charge in [0.2, 0.25) is 0 Å². The molecule has 0 radical (unpaired) electrons. The number of hydrogen-bond acceptors (Lipinski definition) is 3. The zero-order valence-electron chi connectivity index (χ0n) is 6.12. The SMILES string of the molecule is OC1CNC(c2ccn[nH]2)C1. The maximum Gasteiger partial charge on any atom is 0.0683 e. The fourth-order valence-electron chi connectivity index (χ4n) is 1.41. The molecule has 11 heavy (non-hydrogen) atoms. The van der Waals surface area contributed by atoms with Gasteiger partial charge in [0, 0.05) is 12.7 Å². The quantitative estimate of drug-likeness (QED) is 0.524. The molecule has 60 valence electrons. The smallest absolute Gasteiger partial charge is 0.0683 e. The Kier molecular flexibility index (Phi) is 1.63. The molecule has 0 bridgehead atoms. The van der Waals surface area contributed by atoms with Gasteiger partial charge >= 0.3 is 0 Å². The van der Waals surface area contributed by atoms with Crippen molar-refractivity contribution in [2.75, 3.05) is 6.54 Å². The van der Waals surface area contributed by atoms with E-state index in [1.54, 1.807) is 6.20 Å². The minimum absolute atomic E-state index is 0.205. The number of aliphatic hydroxyl groups excluding tert-OH is 1. The van der Waals surface area contributed by atoms with Gasteiger partial charge < -0.3 is 10.4 Å². The van der Waals surface area contributed by atoms with Crippen molar-refractivity contribution in [3.05, 3.63) is 18.0 Å². The Hall–Kier alpha value is -0.870. The number of aliphatic hydroxyl groups is 1. The Labute approximate surface area is 64.6 Å². The van der Waals surface area contributed by atoms with Crippen molar-refractivity contribution in [2.45, 2.75) is 18.6 Å². The van der Waals surface area contributed by atoms with Crippen LogP contribution in [0.2, 0.25) is 0 Å². The molecule has 2 heterocycles. The van der Waals surface area contributed by atoms with Crippen LogP contribution in [0.3, 0.4) is 0 Å². The van der Waals surface area contributed by atoms with E-state index in [1.807, 2.05) is 6.07 Å². The largest absolute Gasteiger partial charge is 0.392 e. The average molecular weight is 153 g/mol. The molecular formula is C7H11N3O. The highest BCUT2D eigenvalue weighted by Gasteiger charge is 2.23. The third-order valence-corrected chi connectivity index (χ3v) is 2.01. The third-order valence-electron chi connectivity index (χ3n) is 2.01. The average Bonchev–Trinajstić information content (AvgIpc) is 2.55. The van der Waals surface area contributed by atoms with Crippen LogP contribution in [0, 0.1) is 0 Å². The van der Waals surface area contributed by atoms with Gasteiger partial charge in [-0.15, -0.1) is 0 Å². The molecular weight excluding hydrogens is 142 g/mol. The molecule has 1 fully saturated rings. The van der Waals surface area contributed by atoms with E-state index in [4.69, 9.17) is 0 Å². The van der Waals surface area contributed by atoms with Crippen LogP contribution in [-0.4, -0.2) is 28.0 Å². The molecule has 2 rings (SSSR count). The number of rotatable bonds is 1. The summed E-state index contributed by atoms with van der Waals surface area (Å²) >= 11 is 0. The molecule has 0 saturated carbocycles. The van der Waals surface area contributed by atoms with E-state index in [1.165, 1.54) is 0 Å². The molecule has 4 heteroatoms.